The molecule has 4 heteroatoms. The Hall–Kier alpha value is -1.55. The topological polar surface area (TPSA) is 61.4 Å². The normalized spacial score (nSPS) is 17.9. The summed E-state index contributed by atoms with van der Waals surface area (Å²) in [7, 11) is 0. The highest BCUT2D eigenvalue weighted by molar-refractivity contribution is 5.74. The van der Waals surface area contributed by atoms with E-state index in [0.717, 1.165) is 11.1 Å². The number of aryl methyl sites for hydroxylation is 1. The first-order chi connectivity index (χ1) is 9.58. The maximum Gasteiger partial charge on any atom is 0.315 e. The summed E-state index contributed by atoms with van der Waals surface area (Å²) in [6, 6.07) is 7.68. The largest absolute Gasteiger partial charge is 0.387 e. The van der Waals surface area contributed by atoms with Gasteiger partial charge in [-0.1, -0.05) is 30.7 Å². The van der Waals surface area contributed by atoms with E-state index < -0.39 is 6.10 Å². The third kappa shape index (κ3) is 3.73. The number of carbonyl (C=O) groups excluding carboxylic acids is 1. The maximum absolute atomic E-state index is 11.8. The summed E-state index contributed by atoms with van der Waals surface area (Å²) in [6.07, 6.45) is 3.01. The molecule has 0 heterocycles. The molecule has 2 amide bonds. The first-order valence-corrected chi connectivity index (χ1v) is 7.36. The highest BCUT2D eigenvalue weighted by atomic mass is 16.3. The van der Waals surface area contributed by atoms with Crippen LogP contribution in [-0.2, 0) is 0 Å². The van der Waals surface area contributed by atoms with Gasteiger partial charge in [0.05, 0.1) is 6.10 Å². The van der Waals surface area contributed by atoms with E-state index >= 15 is 0 Å². The van der Waals surface area contributed by atoms with E-state index in [1.54, 1.807) is 0 Å². The van der Waals surface area contributed by atoms with Crippen molar-refractivity contribution in [2.75, 3.05) is 6.54 Å². The molecule has 2 atom stereocenters. The number of benzene rings is 1. The molecule has 1 saturated carbocycles. The summed E-state index contributed by atoms with van der Waals surface area (Å²) in [5, 5.41) is 15.8. The number of urea groups is 1. The van der Waals surface area contributed by atoms with E-state index in [2.05, 4.69) is 10.6 Å². The second kappa shape index (κ2) is 6.75. The smallest absolute Gasteiger partial charge is 0.315 e. The number of hydrogen-bond acceptors (Lipinski definition) is 2. The molecule has 0 saturated heterocycles. The predicted octanol–water partition coefficient (Wildman–Crippen LogP) is 2.52. The lowest BCUT2D eigenvalue weighted by atomic mass is 9.80. The number of carbonyl (C=O) groups is 1. The average molecular weight is 276 g/mol. The van der Waals surface area contributed by atoms with Crippen LogP contribution < -0.4 is 10.6 Å². The molecule has 2 unspecified atom stereocenters. The van der Waals surface area contributed by atoms with Crippen LogP contribution in [0.3, 0.4) is 0 Å². The van der Waals surface area contributed by atoms with Gasteiger partial charge < -0.3 is 15.7 Å². The highest BCUT2D eigenvalue weighted by Gasteiger charge is 2.25. The van der Waals surface area contributed by atoms with Crippen LogP contribution in [0.15, 0.2) is 24.3 Å². The molecule has 1 fully saturated rings. The molecule has 0 bridgehead atoms. The molecule has 1 aromatic carbocycles. The van der Waals surface area contributed by atoms with Crippen molar-refractivity contribution in [2.24, 2.45) is 5.92 Å². The van der Waals surface area contributed by atoms with Crippen LogP contribution in [0.1, 0.15) is 43.4 Å². The summed E-state index contributed by atoms with van der Waals surface area (Å²) in [6.45, 7) is 4.23. The summed E-state index contributed by atoms with van der Waals surface area (Å²) in [5.41, 5.74) is 1.89. The number of amides is 2. The van der Waals surface area contributed by atoms with Gasteiger partial charge in [0.1, 0.15) is 0 Å². The monoisotopic (exact) mass is 276 g/mol. The second-order valence-corrected chi connectivity index (χ2v) is 5.71. The summed E-state index contributed by atoms with van der Waals surface area (Å²) < 4.78 is 0. The van der Waals surface area contributed by atoms with Crippen molar-refractivity contribution in [3.63, 3.8) is 0 Å². The Labute approximate surface area is 120 Å². The quantitative estimate of drug-likeness (QED) is 0.774. The molecule has 0 aliphatic heterocycles. The highest BCUT2D eigenvalue weighted by Crippen LogP contribution is 2.29. The minimum Gasteiger partial charge on any atom is -0.387 e. The number of aliphatic hydroxyl groups excluding tert-OH is 1. The fourth-order valence-corrected chi connectivity index (χ4v) is 2.58. The van der Waals surface area contributed by atoms with Crippen LogP contribution in [0.5, 0.6) is 0 Å². The Morgan fingerprint density at radius 2 is 2.10 bits per heavy atom. The molecule has 3 N–H and O–H groups in total. The molecular weight excluding hydrogens is 252 g/mol. The molecule has 2 rings (SSSR count). The van der Waals surface area contributed by atoms with E-state index in [1.165, 1.54) is 19.3 Å². The van der Waals surface area contributed by atoms with Crippen LogP contribution in [0, 0.1) is 12.8 Å². The van der Waals surface area contributed by atoms with Gasteiger partial charge in [-0.3, -0.25) is 0 Å². The van der Waals surface area contributed by atoms with E-state index in [9.17, 15) is 9.90 Å². The lowest BCUT2D eigenvalue weighted by Gasteiger charge is -2.31. The summed E-state index contributed by atoms with van der Waals surface area (Å²) in [5.74, 6) is 0.613. The van der Waals surface area contributed by atoms with Crippen LogP contribution in [0.4, 0.5) is 4.79 Å². The van der Waals surface area contributed by atoms with Crippen molar-refractivity contribution >= 4 is 6.03 Å². The van der Waals surface area contributed by atoms with Crippen molar-refractivity contribution in [1.29, 1.82) is 0 Å². The lowest BCUT2D eigenvalue weighted by Crippen LogP contribution is -2.46. The number of hydrogen-bond donors (Lipinski definition) is 3. The first-order valence-electron chi connectivity index (χ1n) is 7.36. The van der Waals surface area contributed by atoms with Gasteiger partial charge in [0.2, 0.25) is 0 Å². The molecule has 4 nitrogen and oxygen atoms in total. The first kappa shape index (κ1) is 14.9. The standard InChI is InChI=1S/C16H24N2O2/c1-11-6-3-4-9-14(11)15(19)10-17-16(20)18-12(2)13-7-5-8-13/h3-4,6,9,12-13,15,19H,5,7-8,10H2,1-2H3,(H2,17,18,20). The number of rotatable bonds is 5. The number of aliphatic hydroxyl groups is 1. The zero-order valence-corrected chi connectivity index (χ0v) is 12.2. The van der Waals surface area contributed by atoms with E-state index in [0.29, 0.717) is 5.92 Å². The van der Waals surface area contributed by atoms with Crippen LogP contribution in [0.25, 0.3) is 0 Å². The molecule has 1 aromatic rings. The van der Waals surface area contributed by atoms with Crippen molar-refractivity contribution in [3.05, 3.63) is 35.4 Å². The van der Waals surface area contributed by atoms with Crippen molar-refractivity contribution in [1.82, 2.24) is 10.6 Å². The van der Waals surface area contributed by atoms with Crippen molar-refractivity contribution < 1.29 is 9.90 Å². The van der Waals surface area contributed by atoms with Gasteiger partial charge in [0.15, 0.2) is 0 Å². The Kier molecular flexibility index (Phi) is 5.01. The fraction of sp³-hybridized carbons (Fsp3) is 0.562. The molecule has 1 aliphatic rings. The lowest BCUT2D eigenvalue weighted by molar-refractivity contribution is 0.169. The Balaban J connectivity index is 1.76. The Morgan fingerprint density at radius 3 is 2.70 bits per heavy atom. The zero-order valence-electron chi connectivity index (χ0n) is 12.2. The van der Waals surface area contributed by atoms with Gasteiger partial charge in [0.25, 0.3) is 0 Å². The van der Waals surface area contributed by atoms with E-state index in [1.807, 2.05) is 38.1 Å². The zero-order chi connectivity index (χ0) is 14.5. The predicted molar refractivity (Wildman–Crippen MR) is 79.5 cm³/mol. The van der Waals surface area contributed by atoms with Crippen LogP contribution in [0.2, 0.25) is 0 Å². The molecule has 0 spiro atoms. The fourth-order valence-electron chi connectivity index (χ4n) is 2.58. The van der Waals surface area contributed by atoms with Gasteiger partial charge >= 0.3 is 6.03 Å². The van der Waals surface area contributed by atoms with Crippen molar-refractivity contribution in [3.8, 4) is 0 Å². The van der Waals surface area contributed by atoms with Gasteiger partial charge in [-0.25, -0.2) is 4.79 Å². The van der Waals surface area contributed by atoms with Gasteiger partial charge in [0, 0.05) is 12.6 Å². The Bertz CT molecular complexity index is 458. The van der Waals surface area contributed by atoms with Gasteiger partial charge in [-0.05, 0) is 43.7 Å². The average Bonchev–Trinajstić information content (AvgIpc) is 2.34. The molecular formula is C16H24N2O2. The van der Waals surface area contributed by atoms with E-state index in [-0.39, 0.29) is 18.6 Å². The third-order valence-electron chi connectivity index (χ3n) is 4.22. The molecule has 0 radical (unpaired) electrons. The third-order valence-corrected chi connectivity index (χ3v) is 4.22. The maximum atomic E-state index is 11.8. The second-order valence-electron chi connectivity index (χ2n) is 5.71. The van der Waals surface area contributed by atoms with Crippen molar-refractivity contribution in [2.45, 2.75) is 45.3 Å². The Morgan fingerprint density at radius 1 is 1.40 bits per heavy atom. The SMILES string of the molecule is Cc1ccccc1C(O)CNC(=O)NC(C)C1CCC1. The van der Waals surface area contributed by atoms with Crippen LogP contribution >= 0.6 is 0 Å². The molecule has 0 aromatic heterocycles. The number of nitrogens with one attached hydrogen (secondary N) is 2. The summed E-state index contributed by atoms with van der Waals surface area (Å²) in [4.78, 5) is 11.8. The summed E-state index contributed by atoms with van der Waals surface area (Å²) >= 11 is 0. The van der Waals surface area contributed by atoms with Gasteiger partial charge in [-0.2, -0.15) is 0 Å². The minimum absolute atomic E-state index is 0.197. The van der Waals surface area contributed by atoms with E-state index in [4.69, 9.17) is 0 Å². The molecule has 110 valence electrons. The van der Waals surface area contributed by atoms with Crippen LogP contribution in [-0.4, -0.2) is 23.7 Å². The molecule has 20 heavy (non-hydrogen) atoms. The van der Waals surface area contributed by atoms with Gasteiger partial charge in [-0.15, -0.1) is 0 Å². The minimum atomic E-state index is -0.666. The molecule has 1 aliphatic carbocycles.